The summed E-state index contributed by atoms with van der Waals surface area (Å²) >= 11 is 3.41. The average molecular weight is 301 g/mol. The molecule has 0 amide bonds. The smallest absolute Gasteiger partial charge is 0.303 e. The van der Waals surface area contributed by atoms with Crippen LogP contribution in [0.25, 0.3) is 0 Å². The lowest BCUT2D eigenvalue weighted by molar-refractivity contribution is -0.136. The Kier molecular flexibility index (Phi) is 3.89. The van der Waals surface area contributed by atoms with Crippen molar-refractivity contribution in [1.29, 1.82) is 0 Å². The van der Waals surface area contributed by atoms with Gasteiger partial charge in [-0.15, -0.1) is 0 Å². The lowest BCUT2D eigenvalue weighted by atomic mass is 10.1. The van der Waals surface area contributed by atoms with Crippen molar-refractivity contribution in [1.82, 2.24) is 0 Å². The molecule has 0 aliphatic carbocycles. The van der Waals surface area contributed by atoms with E-state index in [9.17, 15) is 4.79 Å². The van der Waals surface area contributed by atoms with Crippen LogP contribution in [0.1, 0.15) is 18.4 Å². The zero-order valence-corrected chi connectivity index (χ0v) is 10.8. The van der Waals surface area contributed by atoms with Gasteiger partial charge in [-0.25, -0.2) is 0 Å². The van der Waals surface area contributed by atoms with E-state index < -0.39 is 5.97 Å². The molecule has 2 rings (SSSR count). The van der Waals surface area contributed by atoms with Crippen molar-refractivity contribution in [3.8, 4) is 11.5 Å². The van der Waals surface area contributed by atoms with E-state index in [1.54, 1.807) is 0 Å². The molecule has 5 heteroatoms. The maximum atomic E-state index is 10.6. The minimum Gasteiger partial charge on any atom is -0.489 e. The highest BCUT2D eigenvalue weighted by Crippen LogP contribution is 2.40. The molecule has 1 N–H and O–H groups in total. The van der Waals surface area contributed by atoms with Crippen LogP contribution in [-0.4, -0.2) is 24.3 Å². The molecule has 0 saturated carbocycles. The summed E-state index contributed by atoms with van der Waals surface area (Å²) in [6, 6.07) is 3.74. The van der Waals surface area contributed by atoms with Gasteiger partial charge >= 0.3 is 5.97 Å². The second-order valence-corrected chi connectivity index (χ2v) is 4.66. The number of benzene rings is 1. The summed E-state index contributed by atoms with van der Waals surface area (Å²) < 4.78 is 12.1. The van der Waals surface area contributed by atoms with E-state index in [0.29, 0.717) is 31.1 Å². The predicted molar refractivity (Wildman–Crippen MR) is 65.7 cm³/mol. The van der Waals surface area contributed by atoms with Crippen LogP contribution in [0.15, 0.2) is 16.6 Å². The van der Waals surface area contributed by atoms with Gasteiger partial charge < -0.3 is 14.6 Å². The summed E-state index contributed by atoms with van der Waals surface area (Å²) in [6.45, 7) is 1.22. The van der Waals surface area contributed by atoms with Crippen molar-refractivity contribution in [3.63, 3.8) is 0 Å². The Morgan fingerprint density at radius 1 is 1.29 bits per heavy atom. The van der Waals surface area contributed by atoms with Crippen LogP contribution in [0.4, 0.5) is 0 Å². The number of hydrogen-bond acceptors (Lipinski definition) is 3. The predicted octanol–water partition coefficient (Wildman–Crippen LogP) is 2.63. The third-order valence-electron chi connectivity index (χ3n) is 2.54. The molecule has 0 unspecified atom stereocenters. The molecule has 0 bridgehead atoms. The third-order valence-corrected chi connectivity index (χ3v) is 3.16. The fourth-order valence-electron chi connectivity index (χ4n) is 1.72. The summed E-state index contributed by atoms with van der Waals surface area (Å²) in [6.07, 6.45) is 1.38. The van der Waals surface area contributed by atoms with Crippen molar-refractivity contribution < 1.29 is 19.4 Å². The number of aliphatic carboxylic acids is 1. The van der Waals surface area contributed by atoms with Crippen molar-refractivity contribution in [2.24, 2.45) is 0 Å². The third kappa shape index (κ3) is 2.91. The molecule has 1 aliphatic rings. The zero-order valence-electron chi connectivity index (χ0n) is 9.24. The van der Waals surface area contributed by atoms with Crippen molar-refractivity contribution >= 4 is 21.9 Å². The molecule has 0 atom stereocenters. The monoisotopic (exact) mass is 300 g/mol. The van der Waals surface area contributed by atoms with Crippen molar-refractivity contribution in [3.05, 3.63) is 22.2 Å². The van der Waals surface area contributed by atoms with E-state index in [-0.39, 0.29) is 6.42 Å². The molecule has 0 radical (unpaired) electrons. The number of halogens is 1. The first-order chi connectivity index (χ1) is 8.18. The molecule has 1 heterocycles. The largest absolute Gasteiger partial charge is 0.489 e. The van der Waals surface area contributed by atoms with Gasteiger partial charge in [0.1, 0.15) is 0 Å². The van der Waals surface area contributed by atoms with Crippen LogP contribution >= 0.6 is 15.9 Å². The SMILES string of the molecule is O=C(O)CCc1ccc(Br)c2c1OCCCO2. The van der Waals surface area contributed by atoms with E-state index in [2.05, 4.69) is 15.9 Å². The van der Waals surface area contributed by atoms with Gasteiger partial charge in [-0.2, -0.15) is 0 Å². The number of carboxylic acids is 1. The molecule has 4 nitrogen and oxygen atoms in total. The van der Waals surface area contributed by atoms with Crippen molar-refractivity contribution in [2.45, 2.75) is 19.3 Å². The number of fused-ring (bicyclic) bond motifs is 1. The normalized spacial score (nSPS) is 14.2. The number of carbonyl (C=O) groups is 1. The number of ether oxygens (including phenoxy) is 2. The van der Waals surface area contributed by atoms with Crippen LogP contribution in [0.3, 0.4) is 0 Å². The van der Waals surface area contributed by atoms with E-state index in [0.717, 1.165) is 16.5 Å². The standard InChI is InChI=1S/C12H13BrO4/c13-9-4-2-8(3-5-10(14)15)11-12(9)17-7-1-6-16-11/h2,4H,1,3,5-7H2,(H,14,15). The topological polar surface area (TPSA) is 55.8 Å². The Morgan fingerprint density at radius 2 is 2.00 bits per heavy atom. The van der Waals surface area contributed by atoms with Crippen LogP contribution < -0.4 is 9.47 Å². The van der Waals surface area contributed by atoms with Gasteiger partial charge in [0.25, 0.3) is 0 Å². The number of aryl methyl sites for hydroxylation is 1. The summed E-state index contributed by atoms with van der Waals surface area (Å²) in [4.78, 5) is 10.6. The van der Waals surface area contributed by atoms with Gasteiger partial charge in [-0.1, -0.05) is 6.07 Å². The lowest BCUT2D eigenvalue weighted by Crippen LogP contribution is -2.01. The molecular weight excluding hydrogens is 288 g/mol. The molecule has 0 fully saturated rings. The molecule has 1 aromatic rings. The summed E-state index contributed by atoms with van der Waals surface area (Å²) in [5, 5.41) is 8.71. The van der Waals surface area contributed by atoms with Crippen LogP contribution in [0.5, 0.6) is 11.5 Å². The van der Waals surface area contributed by atoms with Crippen LogP contribution in [0.2, 0.25) is 0 Å². The zero-order chi connectivity index (χ0) is 12.3. The van der Waals surface area contributed by atoms with Gasteiger partial charge in [0.2, 0.25) is 0 Å². The van der Waals surface area contributed by atoms with Gasteiger partial charge in [-0.05, 0) is 34.0 Å². The van der Waals surface area contributed by atoms with Gasteiger partial charge in [-0.3, -0.25) is 4.79 Å². The van der Waals surface area contributed by atoms with Gasteiger partial charge in [0, 0.05) is 12.8 Å². The Labute approximate surface area is 108 Å². The molecule has 0 spiro atoms. The Hall–Kier alpha value is -1.23. The van der Waals surface area contributed by atoms with E-state index in [4.69, 9.17) is 14.6 Å². The fraction of sp³-hybridized carbons (Fsp3) is 0.417. The van der Waals surface area contributed by atoms with Crippen LogP contribution in [0, 0.1) is 0 Å². The molecule has 1 aromatic carbocycles. The molecule has 0 saturated heterocycles. The molecule has 92 valence electrons. The van der Waals surface area contributed by atoms with E-state index in [1.807, 2.05) is 12.1 Å². The average Bonchev–Trinajstić information content (AvgIpc) is 2.54. The molecule has 17 heavy (non-hydrogen) atoms. The van der Waals surface area contributed by atoms with Crippen LogP contribution in [-0.2, 0) is 11.2 Å². The maximum absolute atomic E-state index is 10.6. The fourth-order valence-corrected chi connectivity index (χ4v) is 2.14. The highest BCUT2D eigenvalue weighted by molar-refractivity contribution is 9.10. The minimum atomic E-state index is -0.809. The molecule has 1 aliphatic heterocycles. The summed E-state index contributed by atoms with van der Waals surface area (Å²) in [5.74, 6) is 0.555. The first-order valence-electron chi connectivity index (χ1n) is 5.47. The first-order valence-corrected chi connectivity index (χ1v) is 6.26. The highest BCUT2D eigenvalue weighted by atomic mass is 79.9. The number of rotatable bonds is 3. The first kappa shape index (κ1) is 12.2. The Balaban J connectivity index is 2.29. The second-order valence-electron chi connectivity index (χ2n) is 3.81. The maximum Gasteiger partial charge on any atom is 0.303 e. The van der Waals surface area contributed by atoms with E-state index >= 15 is 0 Å². The molecule has 0 aromatic heterocycles. The molecular formula is C12H13BrO4. The quantitative estimate of drug-likeness (QED) is 0.932. The minimum absolute atomic E-state index is 0.0947. The number of hydrogen-bond donors (Lipinski definition) is 1. The highest BCUT2D eigenvalue weighted by Gasteiger charge is 2.18. The van der Waals surface area contributed by atoms with Gasteiger partial charge in [0.05, 0.1) is 17.7 Å². The van der Waals surface area contributed by atoms with Crippen molar-refractivity contribution in [2.75, 3.05) is 13.2 Å². The van der Waals surface area contributed by atoms with Gasteiger partial charge in [0.15, 0.2) is 11.5 Å². The van der Waals surface area contributed by atoms with E-state index in [1.165, 1.54) is 0 Å². The Bertz CT molecular complexity index is 431. The Morgan fingerprint density at radius 3 is 2.71 bits per heavy atom. The second kappa shape index (κ2) is 5.40. The number of carboxylic acid groups (broad SMARTS) is 1. The summed E-state index contributed by atoms with van der Waals surface area (Å²) in [5.41, 5.74) is 0.882. The lowest BCUT2D eigenvalue weighted by Gasteiger charge is -2.13. The summed E-state index contributed by atoms with van der Waals surface area (Å²) in [7, 11) is 0.